The molecule has 19 nitrogen and oxygen atoms in total. The fraction of sp³-hybridized carbons (Fsp3) is 0.500. The van der Waals surface area contributed by atoms with Crippen LogP contribution in [0.1, 0.15) is 101 Å². The Hall–Kier alpha value is -6.15. The van der Waals surface area contributed by atoms with Crippen LogP contribution in [0.4, 0.5) is 4.79 Å². The zero-order chi connectivity index (χ0) is 47.7. The van der Waals surface area contributed by atoms with E-state index in [4.69, 9.17) is 28.2 Å². The Labute approximate surface area is 375 Å². The summed E-state index contributed by atoms with van der Waals surface area (Å²) in [6.07, 6.45) is 1.83. The van der Waals surface area contributed by atoms with Gasteiger partial charge in [0.2, 0.25) is 11.6 Å². The number of hydrogen-bond donors (Lipinski definition) is 5. The lowest BCUT2D eigenvalue weighted by Gasteiger charge is -2.38. The smallest absolute Gasteiger partial charge is 0.407 e. The van der Waals surface area contributed by atoms with Gasteiger partial charge in [0.1, 0.15) is 34.7 Å². The molecule has 19 heteroatoms. The number of phenols is 1. The number of aliphatic hydroxyl groups is 2. The van der Waals surface area contributed by atoms with E-state index < -0.39 is 100 Å². The fourth-order valence-corrected chi connectivity index (χ4v) is 8.46. The average molecular weight is 905 g/mol. The summed E-state index contributed by atoms with van der Waals surface area (Å²) in [6.45, 7) is 12.8. The van der Waals surface area contributed by atoms with Crippen molar-refractivity contribution in [3.05, 3.63) is 87.3 Å². The largest absolute Gasteiger partial charge is 0.507 e. The number of methoxy groups -OCH3 is 1. The topological polar surface area (TPSA) is 263 Å². The maximum Gasteiger partial charge on any atom is 0.407 e. The molecular weight excluding hydrogens is 849 g/mol. The first kappa shape index (κ1) is 48.3. The first-order valence-corrected chi connectivity index (χ1v) is 21.3. The van der Waals surface area contributed by atoms with Crippen LogP contribution in [0.2, 0.25) is 0 Å². The van der Waals surface area contributed by atoms with Crippen molar-refractivity contribution in [2.24, 2.45) is 23.7 Å². The maximum absolute atomic E-state index is 14.8. The summed E-state index contributed by atoms with van der Waals surface area (Å²) < 4.78 is 34.5. The molecule has 5 bridgehead atoms. The molecule has 0 spiro atoms. The molecule has 1 fully saturated rings. The van der Waals surface area contributed by atoms with Gasteiger partial charge in [-0.3, -0.25) is 24.0 Å². The minimum absolute atomic E-state index is 0.0286. The minimum Gasteiger partial charge on any atom is -0.507 e. The summed E-state index contributed by atoms with van der Waals surface area (Å²) in [5.41, 5.74) is -1.60. The molecule has 1 aliphatic carbocycles. The van der Waals surface area contributed by atoms with Gasteiger partial charge in [0.15, 0.2) is 11.5 Å². The van der Waals surface area contributed by atoms with Crippen molar-refractivity contribution < 1.29 is 72.3 Å². The molecule has 0 unspecified atom stereocenters. The van der Waals surface area contributed by atoms with Gasteiger partial charge in [-0.25, -0.2) is 4.79 Å². The van der Waals surface area contributed by atoms with Crippen LogP contribution in [-0.4, -0.2) is 124 Å². The minimum atomic E-state index is -2.14. The highest BCUT2D eigenvalue weighted by atomic mass is 16.7. The number of morpholine rings is 1. The number of rotatable bonds is 6. The monoisotopic (exact) mass is 904 g/mol. The molecule has 350 valence electrons. The lowest BCUT2D eigenvalue weighted by molar-refractivity contribution is -0.116. The number of nitrogens with zero attached hydrogens (tertiary/aromatic N) is 2. The van der Waals surface area contributed by atoms with Gasteiger partial charge >= 0.3 is 11.9 Å². The summed E-state index contributed by atoms with van der Waals surface area (Å²) in [6, 6.07) is 1.38. The summed E-state index contributed by atoms with van der Waals surface area (Å²) in [5.74, 6) is -9.38. The van der Waals surface area contributed by atoms with Crippen LogP contribution in [0.15, 0.2) is 58.1 Å². The standard InChI is InChI=1S/C46H56N4O15/c1-21-11-10-12-22(2)44(58)48-34-35(50-14-17-61-18-15-50)40(56)31-32(39(34)55)38(54)26(6)42-33(31)43(57)46(8,64-42)62-16-13-30(60-9)23(3)41(25(5)37(53)24(4)36(21)52)63-45(59)47-20-28-19-29(27(7)51)49-65-28/h10-13,16,19,21,23-25,30,36-37,41,52-54H,14-15,17-18,20H2,1-9H3,(H,47,59)(H,48,58)/t21-,23+,24+,25+,30-,36-,37+,41+,46-/m0/s1. The lowest BCUT2D eigenvalue weighted by Crippen LogP contribution is -2.47. The van der Waals surface area contributed by atoms with Gasteiger partial charge in [0.25, 0.3) is 11.7 Å². The molecule has 4 aliphatic heterocycles. The van der Waals surface area contributed by atoms with Crippen LogP contribution >= 0.6 is 0 Å². The van der Waals surface area contributed by atoms with E-state index >= 15 is 0 Å². The normalized spacial score (nSPS) is 29.0. The van der Waals surface area contributed by atoms with Gasteiger partial charge in [-0.05, 0) is 19.9 Å². The second-order valence-corrected chi connectivity index (χ2v) is 17.0. The van der Waals surface area contributed by atoms with Gasteiger partial charge in [0, 0.05) is 74.9 Å². The van der Waals surface area contributed by atoms with E-state index in [2.05, 4.69) is 15.8 Å². The number of alkyl carbamates (subject to hydrolysis) is 1. The van der Waals surface area contributed by atoms with Crippen LogP contribution in [-0.2, 0) is 30.3 Å². The quantitative estimate of drug-likeness (QED) is 0.258. The Bertz CT molecular complexity index is 2380. The first-order chi connectivity index (χ1) is 30.7. The number of ketones is 4. The van der Waals surface area contributed by atoms with Crippen molar-refractivity contribution in [2.75, 3.05) is 33.4 Å². The van der Waals surface area contributed by atoms with Crippen molar-refractivity contribution in [1.29, 1.82) is 0 Å². The molecular formula is C46H56N4O15. The Morgan fingerprint density at radius 2 is 1.66 bits per heavy atom. The molecule has 65 heavy (non-hydrogen) atoms. The maximum atomic E-state index is 14.8. The molecule has 5 aliphatic rings. The highest BCUT2D eigenvalue weighted by Gasteiger charge is 2.53. The highest BCUT2D eigenvalue weighted by Crippen LogP contribution is 2.49. The molecule has 1 aromatic heterocycles. The third-order valence-electron chi connectivity index (χ3n) is 12.5. The van der Waals surface area contributed by atoms with E-state index in [0.717, 1.165) is 6.26 Å². The third kappa shape index (κ3) is 9.50. The number of allylic oxidation sites excluding steroid dienone is 4. The van der Waals surface area contributed by atoms with E-state index in [1.54, 1.807) is 38.7 Å². The Balaban J connectivity index is 1.41. The average Bonchev–Trinajstić information content (AvgIpc) is 3.87. The SMILES string of the molecule is CO[C@H]1C=CO[C@@]2(C)Oc3c(C)c(O)c4c(c3C2=O)C(=O)C(N2CCOCC2)=C(NC(=O)C(C)=CC=C[C@H](C)[C@H](O)[C@@H](C)[C@@H](O)[C@@H](C)[C@H](OC(=O)NCc2cc(C(C)=O)no2)[C@@H]1C)C4=O. The molecule has 5 N–H and O–H groups in total. The van der Waals surface area contributed by atoms with Crippen molar-refractivity contribution in [3.8, 4) is 11.5 Å². The van der Waals surface area contributed by atoms with Crippen LogP contribution in [0.5, 0.6) is 11.5 Å². The number of aromatic hydroxyl groups is 1. The van der Waals surface area contributed by atoms with Crippen LogP contribution in [0, 0.1) is 30.6 Å². The Kier molecular flexibility index (Phi) is 14.5. The summed E-state index contributed by atoms with van der Waals surface area (Å²) in [5, 5.41) is 43.7. The number of carbonyl (C=O) groups is 6. The number of aromatic nitrogens is 1. The number of fused-ring (bicyclic) bond motifs is 14. The Morgan fingerprint density at radius 1 is 0.969 bits per heavy atom. The number of Topliss-reactive ketones (excluding diaryl/α,β-unsaturated/α-hetero) is 4. The van der Waals surface area contributed by atoms with Crippen molar-refractivity contribution in [1.82, 2.24) is 20.7 Å². The molecule has 0 radical (unpaired) electrons. The molecule has 2 amide bonds. The third-order valence-corrected chi connectivity index (χ3v) is 12.5. The van der Waals surface area contributed by atoms with Gasteiger partial charge in [-0.1, -0.05) is 51.1 Å². The number of nitrogens with one attached hydrogen (secondary N) is 2. The number of ether oxygens (including phenoxy) is 5. The van der Waals surface area contributed by atoms with Gasteiger partial charge in [-0.2, -0.15) is 0 Å². The zero-order valence-electron chi connectivity index (χ0n) is 37.8. The van der Waals surface area contributed by atoms with Crippen molar-refractivity contribution in [2.45, 2.75) is 92.1 Å². The van der Waals surface area contributed by atoms with Gasteiger partial charge < -0.3 is 59.1 Å². The first-order valence-electron chi connectivity index (χ1n) is 21.3. The summed E-state index contributed by atoms with van der Waals surface area (Å²) in [4.78, 5) is 84.2. The second-order valence-electron chi connectivity index (χ2n) is 17.0. The van der Waals surface area contributed by atoms with Crippen LogP contribution in [0.25, 0.3) is 0 Å². The summed E-state index contributed by atoms with van der Waals surface area (Å²) in [7, 11) is 1.39. The van der Waals surface area contributed by atoms with Gasteiger partial charge in [0.05, 0.1) is 61.0 Å². The molecule has 1 saturated heterocycles. The van der Waals surface area contributed by atoms with Crippen molar-refractivity contribution in [3.63, 3.8) is 0 Å². The molecule has 0 saturated carbocycles. The summed E-state index contributed by atoms with van der Waals surface area (Å²) >= 11 is 0. The number of aliphatic hydroxyl groups excluding tert-OH is 2. The van der Waals surface area contributed by atoms with E-state index in [-0.39, 0.29) is 83.9 Å². The van der Waals surface area contributed by atoms with Crippen LogP contribution in [0.3, 0.4) is 0 Å². The highest BCUT2D eigenvalue weighted by molar-refractivity contribution is 6.32. The molecule has 5 heterocycles. The fourth-order valence-electron chi connectivity index (χ4n) is 8.46. The number of amides is 2. The number of hydrogen-bond acceptors (Lipinski definition) is 17. The van der Waals surface area contributed by atoms with Crippen molar-refractivity contribution >= 4 is 35.1 Å². The van der Waals surface area contributed by atoms with E-state index in [1.807, 2.05) is 0 Å². The molecule has 2 aromatic rings. The second kappa shape index (κ2) is 19.5. The van der Waals surface area contributed by atoms with E-state index in [0.29, 0.717) is 0 Å². The number of phenolic OH excluding ortho intramolecular Hbond substituents is 1. The van der Waals surface area contributed by atoms with Gasteiger partial charge in [-0.15, -0.1) is 0 Å². The van der Waals surface area contributed by atoms with Crippen LogP contribution < -0.4 is 15.4 Å². The molecule has 9 atom stereocenters. The predicted molar refractivity (Wildman–Crippen MR) is 229 cm³/mol. The van der Waals surface area contributed by atoms with E-state index in [1.165, 1.54) is 59.1 Å². The molecule has 1 aromatic carbocycles. The lowest BCUT2D eigenvalue weighted by atomic mass is 9.78. The Morgan fingerprint density at radius 3 is 2.31 bits per heavy atom. The molecule has 7 rings (SSSR count). The number of benzene rings is 1. The predicted octanol–water partition coefficient (Wildman–Crippen LogP) is 3.84. The van der Waals surface area contributed by atoms with E-state index in [9.17, 15) is 44.1 Å². The number of carbonyl (C=O) groups excluding carboxylic acids is 6. The zero-order valence-corrected chi connectivity index (χ0v) is 37.8.